The first-order valence-electron chi connectivity index (χ1n) is 13.1. The van der Waals surface area contributed by atoms with Crippen LogP contribution in [-0.2, 0) is 15.0 Å². The summed E-state index contributed by atoms with van der Waals surface area (Å²) in [6, 6.07) is 5.69. The molecule has 0 aliphatic rings. The van der Waals surface area contributed by atoms with Crippen molar-refractivity contribution in [1.82, 2.24) is 9.97 Å². The van der Waals surface area contributed by atoms with Crippen molar-refractivity contribution < 1.29 is 19.1 Å². The molecule has 0 N–H and O–H groups in total. The van der Waals surface area contributed by atoms with Crippen LogP contribution in [0.1, 0.15) is 95.6 Å². The van der Waals surface area contributed by atoms with Crippen LogP contribution >= 0.6 is 0 Å². The molecule has 37 heavy (non-hydrogen) atoms. The zero-order chi connectivity index (χ0) is 28.6. The Morgan fingerprint density at radius 2 is 1.11 bits per heavy atom. The van der Waals surface area contributed by atoms with Gasteiger partial charge in [-0.05, 0) is 81.8 Å². The Labute approximate surface area is 224 Å². The molecular formula is C30H46N2O4Si. The van der Waals surface area contributed by atoms with Crippen molar-refractivity contribution in [1.29, 1.82) is 0 Å². The largest absolute Gasteiger partial charge is 0.426 e. The minimum Gasteiger partial charge on any atom is -0.426 e. The van der Waals surface area contributed by atoms with Gasteiger partial charge in [-0.3, -0.25) is 9.59 Å². The lowest BCUT2D eigenvalue weighted by molar-refractivity contribution is -0.143. The molecule has 0 saturated carbocycles. The molecule has 7 heteroatoms. The van der Waals surface area contributed by atoms with Crippen LogP contribution in [0.25, 0.3) is 0 Å². The average molecular weight is 527 g/mol. The Morgan fingerprint density at radius 1 is 0.730 bits per heavy atom. The number of aromatic nitrogens is 2. The fraction of sp³-hybridized carbons (Fsp3) is 0.600. The zero-order valence-electron chi connectivity index (χ0n) is 25.1. The maximum atomic E-state index is 13.3. The standard InChI is InChI=1S/C30H46N2O4Si/c1-19(2)37(20(3)4,27-31-15-14-16-32-27)24-22(35-25(33)29(8,9)10)17-21(28(5,6)7)18-23(24)36-26(34)30(11,12)13/h14-20H,1-13H3. The molecule has 1 heterocycles. The van der Waals surface area contributed by atoms with E-state index in [1.54, 1.807) is 18.5 Å². The van der Waals surface area contributed by atoms with Crippen LogP contribution in [0.2, 0.25) is 11.1 Å². The van der Waals surface area contributed by atoms with E-state index in [4.69, 9.17) is 19.4 Å². The number of hydrogen-bond donors (Lipinski definition) is 0. The molecule has 0 amide bonds. The zero-order valence-corrected chi connectivity index (χ0v) is 26.1. The second-order valence-corrected chi connectivity index (χ2v) is 18.6. The number of esters is 2. The van der Waals surface area contributed by atoms with Crippen LogP contribution in [0.15, 0.2) is 30.6 Å². The maximum Gasteiger partial charge on any atom is 0.316 e. The smallest absolute Gasteiger partial charge is 0.316 e. The Balaban J connectivity index is 3.13. The highest BCUT2D eigenvalue weighted by molar-refractivity contribution is 7.04. The highest BCUT2D eigenvalue weighted by Crippen LogP contribution is 2.40. The molecule has 1 aromatic carbocycles. The summed E-state index contributed by atoms with van der Waals surface area (Å²) in [6.45, 7) is 25.9. The number of carbonyl (C=O) groups excluding carboxylic acids is 2. The summed E-state index contributed by atoms with van der Waals surface area (Å²) in [5, 5.41) is 0.756. The molecule has 0 aliphatic heterocycles. The highest BCUT2D eigenvalue weighted by atomic mass is 28.3. The molecule has 1 aromatic heterocycles. The SMILES string of the molecule is CC(C)[Si](c1ncccn1)(c1c(OC(=O)C(C)(C)C)cc(C(C)(C)C)cc1OC(=O)C(C)(C)C)C(C)C. The molecule has 0 bridgehead atoms. The van der Waals surface area contributed by atoms with Gasteiger partial charge in [0.25, 0.3) is 0 Å². The van der Waals surface area contributed by atoms with Crippen molar-refractivity contribution in [2.24, 2.45) is 10.8 Å². The third kappa shape index (κ3) is 6.48. The fourth-order valence-corrected chi connectivity index (χ4v) is 9.87. The average Bonchev–Trinajstić information content (AvgIpc) is 2.73. The summed E-state index contributed by atoms with van der Waals surface area (Å²) in [4.78, 5) is 36.1. The molecule has 2 aromatic rings. The monoisotopic (exact) mass is 526 g/mol. The van der Waals surface area contributed by atoms with Gasteiger partial charge in [0, 0.05) is 17.6 Å². The second-order valence-electron chi connectivity index (χ2n) is 13.6. The lowest BCUT2D eigenvalue weighted by atomic mass is 9.86. The van der Waals surface area contributed by atoms with E-state index in [0.29, 0.717) is 11.5 Å². The topological polar surface area (TPSA) is 78.4 Å². The molecule has 0 radical (unpaired) electrons. The molecule has 2 rings (SSSR count). The molecule has 0 atom stereocenters. The fourth-order valence-electron chi connectivity index (χ4n) is 4.48. The first kappa shape index (κ1) is 30.7. The number of hydrogen-bond acceptors (Lipinski definition) is 6. The van der Waals surface area contributed by atoms with Crippen LogP contribution in [0.5, 0.6) is 11.5 Å². The third-order valence-electron chi connectivity index (χ3n) is 6.73. The van der Waals surface area contributed by atoms with Crippen LogP contribution < -0.4 is 20.1 Å². The quantitative estimate of drug-likeness (QED) is 0.259. The van der Waals surface area contributed by atoms with Crippen molar-refractivity contribution in [3.63, 3.8) is 0 Å². The van der Waals surface area contributed by atoms with Gasteiger partial charge in [-0.15, -0.1) is 0 Å². The number of nitrogens with zero attached hydrogens (tertiary/aromatic N) is 2. The summed E-state index contributed by atoms with van der Waals surface area (Å²) in [5.41, 5.74) is 0.122. The van der Waals surface area contributed by atoms with Gasteiger partial charge in [0.15, 0.2) is 8.07 Å². The summed E-state index contributed by atoms with van der Waals surface area (Å²) >= 11 is 0. The highest BCUT2D eigenvalue weighted by Gasteiger charge is 2.51. The summed E-state index contributed by atoms with van der Waals surface area (Å²) < 4.78 is 12.5. The Morgan fingerprint density at radius 3 is 1.41 bits per heavy atom. The molecule has 0 aliphatic carbocycles. The maximum absolute atomic E-state index is 13.3. The predicted octanol–water partition coefficient (Wildman–Crippen LogP) is 6.06. The van der Waals surface area contributed by atoms with Crippen LogP contribution in [0, 0.1) is 10.8 Å². The van der Waals surface area contributed by atoms with Gasteiger partial charge >= 0.3 is 11.9 Å². The first-order valence-corrected chi connectivity index (χ1v) is 15.3. The Bertz CT molecular complexity index is 1060. The van der Waals surface area contributed by atoms with Crippen molar-refractivity contribution in [3.8, 4) is 11.5 Å². The normalized spacial score (nSPS) is 13.2. The predicted molar refractivity (Wildman–Crippen MR) is 153 cm³/mol. The number of rotatable bonds is 6. The van der Waals surface area contributed by atoms with E-state index in [9.17, 15) is 9.59 Å². The van der Waals surface area contributed by atoms with Crippen LogP contribution in [0.3, 0.4) is 0 Å². The molecular weight excluding hydrogens is 480 g/mol. The van der Waals surface area contributed by atoms with Crippen LogP contribution in [0.4, 0.5) is 0 Å². The van der Waals surface area contributed by atoms with Gasteiger partial charge in [-0.2, -0.15) is 0 Å². The summed E-state index contributed by atoms with van der Waals surface area (Å²) in [7, 11) is -2.90. The van der Waals surface area contributed by atoms with Gasteiger partial charge in [0.05, 0.1) is 10.8 Å². The first-order chi connectivity index (χ1) is 16.7. The minimum absolute atomic E-state index is 0.106. The van der Waals surface area contributed by atoms with E-state index in [2.05, 4.69) is 48.5 Å². The van der Waals surface area contributed by atoms with E-state index >= 15 is 0 Å². The molecule has 0 spiro atoms. The molecule has 0 unspecified atom stereocenters. The minimum atomic E-state index is -2.90. The lowest BCUT2D eigenvalue weighted by Crippen LogP contribution is -2.65. The Kier molecular flexibility index (Phi) is 8.85. The van der Waals surface area contributed by atoms with Gasteiger partial charge in [-0.25, -0.2) is 9.97 Å². The molecule has 0 saturated heterocycles. The van der Waals surface area contributed by atoms with E-state index in [1.165, 1.54) is 0 Å². The van der Waals surface area contributed by atoms with E-state index in [1.807, 2.05) is 53.7 Å². The number of benzene rings is 1. The van der Waals surface area contributed by atoms with Gasteiger partial charge in [-0.1, -0.05) is 48.5 Å². The number of carbonyl (C=O) groups is 2. The number of ether oxygens (including phenoxy) is 2. The summed E-state index contributed by atoms with van der Waals surface area (Å²) in [5.74, 6) is 0.172. The Hall–Kier alpha value is -2.54. The van der Waals surface area contributed by atoms with Crippen molar-refractivity contribution >= 4 is 30.6 Å². The summed E-state index contributed by atoms with van der Waals surface area (Å²) in [6.07, 6.45) is 3.50. The van der Waals surface area contributed by atoms with Crippen LogP contribution in [-0.4, -0.2) is 30.0 Å². The lowest BCUT2D eigenvalue weighted by Gasteiger charge is -2.40. The van der Waals surface area contributed by atoms with Gasteiger partial charge < -0.3 is 9.47 Å². The van der Waals surface area contributed by atoms with E-state index < -0.39 is 18.9 Å². The third-order valence-corrected chi connectivity index (χ3v) is 12.7. The van der Waals surface area contributed by atoms with Crippen molar-refractivity contribution in [2.75, 3.05) is 0 Å². The van der Waals surface area contributed by atoms with E-state index in [-0.39, 0.29) is 28.4 Å². The van der Waals surface area contributed by atoms with Crippen molar-refractivity contribution in [2.45, 2.75) is 107 Å². The van der Waals surface area contributed by atoms with Gasteiger partial charge in [0.2, 0.25) is 0 Å². The molecule has 6 nitrogen and oxygen atoms in total. The molecule has 204 valence electrons. The molecule has 0 fully saturated rings. The van der Waals surface area contributed by atoms with E-state index in [0.717, 1.165) is 16.2 Å². The van der Waals surface area contributed by atoms with Crippen molar-refractivity contribution in [3.05, 3.63) is 36.2 Å². The van der Waals surface area contributed by atoms with Gasteiger partial charge in [0.1, 0.15) is 16.9 Å². The second kappa shape index (κ2) is 10.7.